The zero-order valence-corrected chi connectivity index (χ0v) is 12.8. The van der Waals surface area contributed by atoms with Crippen molar-refractivity contribution >= 4 is 0 Å². The summed E-state index contributed by atoms with van der Waals surface area (Å²) in [5.41, 5.74) is 2.20. The van der Waals surface area contributed by atoms with Crippen LogP contribution in [0.2, 0.25) is 0 Å². The number of hydrogen-bond donors (Lipinski definition) is 0. The number of rotatable bonds is 5. The molecule has 0 saturated heterocycles. The Bertz CT molecular complexity index is 225. The molecule has 0 aromatic rings. The predicted octanol–water partition coefficient (Wildman–Crippen LogP) is 5.69. The molecule has 0 spiro atoms. The summed E-state index contributed by atoms with van der Waals surface area (Å²) >= 11 is 0. The first-order valence-electron chi connectivity index (χ1n) is 6.62. The Morgan fingerprint density at radius 3 is 1.75 bits per heavy atom. The van der Waals surface area contributed by atoms with Crippen LogP contribution in [0.5, 0.6) is 0 Å². The Morgan fingerprint density at radius 1 is 1.00 bits per heavy atom. The van der Waals surface area contributed by atoms with Gasteiger partial charge in [0.25, 0.3) is 0 Å². The highest BCUT2D eigenvalue weighted by Crippen LogP contribution is 2.39. The Kier molecular flexibility index (Phi) is 5.29. The molecule has 0 aliphatic carbocycles. The van der Waals surface area contributed by atoms with Crippen molar-refractivity contribution in [1.29, 1.82) is 0 Å². The summed E-state index contributed by atoms with van der Waals surface area (Å²) in [6.45, 7) is 22.9. The molecule has 0 saturated carbocycles. The van der Waals surface area contributed by atoms with E-state index in [1.54, 1.807) is 0 Å². The molecule has 0 bridgehead atoms. The zero-order chi connectivity index (χ0) is 13.1. The predicted molar refractivity (Wildman–Crippen MR) is 75.6 cm³/mol. The van der Waals surface area contributed by atoms with E-state index < -0.39 is 0 Å². The second kappa shape index (κ2) is 5.38. The van der Waals surface area contributed by atoms with Gasteiger partial charge in [0.2, 0.25) is 0 Å². The average molecular weight is 224 g/mol. The van der Waals surface area contributed by atoms with E-state index in [9.17, 15) is 0 Å². The topological polar surface area (TPSA) is 0 Å². The fourth-order valence-corrected chi connectivity index (χ4v) is 2.75. The summed E-state index contributed by atoms with van der Waals surface area (Å²) in [7, 11) is 0. The molecule has 16 heavy (non-hydrogen) atoms. The third-order valence-corrected chi connectivity index (χ3v) is 3.36. The van der Waals surface area contributed by atoms with Crippen molar-refractivity contribution in [2.75, 3.05) is 0 Å². The van der Waals surface area contributed by atoms with Gasteiger partial charge in [0.05, 0.1) is 0 Å². The number of allylic oxidation sites excluding steroid dienone is 1. The van der Waals surface area contributed by atoms with Crippen LogP contribution in [0.15, 0.2) is 12.2 Å². The summed E-state index contributed by atoms with van der Waals surface area (Å²) in [4.78, 5) is 0. The molecule has 0 aliphatic rings. The standard InChI is InChI=1S/C16H32/c1-12(2)14(4)13(3)10-16(8,9)11-15(5,6)7/h12,14H,3,10-11H2,1-2,4-9H3. The van der Waals surface area contributed by atoms with Crippen molar-refractivity contribution in [2.45, 2.75) is 68.2 Å². The van der Waals surface area contributed by atoms with Crippen LogP contribution in [0.1, 0.15) is 68.2 Å². The highest BCUT2D eigenvalue weighted by molar-refractivity contribution is 5.04. The van der Waals surface area contributed by atoms with Crippen LogP contribution in [-0.2, 0) is 0 Å². The normalized spacial score (nSPS) is 15.3. The van der Waals surface area contributed by atoms with E-state index in [0.29, 0.717) is 22.7 Å². The summed E-state index contributed by atoms with van der Waals surface area (Å²) in [5, 5.41) is 0. The maximum absolute atomic E-state index is 4.29. The first-order chi connectivity index (χ1) is 6.94. The minimum Gasteiger partial charge on any atom is -0.0996 e. The van der Waals surface area contributed by atoms with Crippen molar-refractivity contribution in [3.8, 4) is 0 Å². The summed E-state index contributed by atoms with van der Waals surface area (Å²) < 4.78 is 0. The fraction of sp³-hybridized carbons (Fsp3) is 0.875. The van der Waals surface area contributed by atoms with Gasteiger partial charge in [0.15, 0.2) is 0 Å². The summed E-state index contributed by atoms with van der Waals surface area (Å²) in [6, 6.07) is 0. The van der Waals surface area contributed by atoms with Gasteiger partial charge in [-0.1, -0.05) is 67.5 Å². The van der Waals surface area contributed by atoms with Gasteiger partial charge in [-0.15, -0.1) is 0 Å². The smallest absolute Gasteiger partial charge is 0.0211 e. The quantitative estimate of drug-likeness (QED) is 0.526. The Hall–Kier alpha value is -0.260. The first kappa shape index (κ1) is 15.7. The third-order valence-electron chi connectivity index (χ3n) is 3.36. The Labute approximate surface area is 104 Å². The molecule has 0 radical (unpaired) electrons. The molecule has 0 nitrogen and oxygen atoms in total. The van der Waals surface area contributed by atoms with E-state index in [-0.39, 0.29) is 0 Å². The molecule has 0 fully saturated rings. The van der Waals surface area contributed by atoms with E-state index in [4.69, 9.17) is 0 Å². The summed E-state index contributed by atoms with van der Waals surface area (Å²) in [6.07, 6.45) is 2.41. The second-order valence-electron chi connectivity index (χ2n) is 7.77. The maximum atomic E-state index is 4.29. The lowest BCUT2D eigenvalue weighted by Crippen LogP contribution is -2.23. The molecule has 96 valence electrons. The lowest BCUT2D eigenvalue weighted by molar-refractivity contribution is 0.205. The van der Waals surface area contributed by atoms with Crippen LogP contribution in [0, 0.1) is 22.7 Å². The van der Waals surface area contributed by atoms with E-state index >= 15 is 0 Å². The van der Waals surface area contributed by atoms with Gasteiger partial charge in [0, 0.05) is 0 Å². The monoisotopic (exact) mass is 224 g/mol. The molecule has 1 unspecified atom stereocenters. The van der Waals surface area contributed by atoms with Crippen molar-refractivity contribution < 1.29 is 0 Å². The van der Waals surface area contributed by atoms with Gasteiger partial charge >= 0.3 is 0 Å². The first-order valence-corrected chi connectivity index (χ1v) is 6.62. The largest absolute Gasteiger partial charge is 0.0996 e. The Morgan fingerprint density at radius 2 is 1.44 bits per heavy atom. The summed E-state index contributed by atoms with van der Waals surface area (Å²) in [5.74, 6) is 1.34. The zero-order valence-electron chi connectivity index (χ0n) is 12.8. The van der Waals surface area contributed by atoms with E-state index in [0.717, 1.165) is 6.42 Å². The van der Waals surface area contributed by atoms with Gasteiger partial charge in [-0.25, -0.2) is 0 Å². The number of hydrogen-bond acceptors (Lipinski definition) is 0. The highest BCUT2D eigenvalue weighted by Gasteiger charge is 2.27. The maximum Gasteiger partial charge on any atom is -0.0211 e. The SMILES string of the molecule is C=C(CC(C)(C)CC(C)(C)C)C(C)C(C)C. The van der Waals surface area contributed by atoms with Gasteiger partial charge < -0.3 is 0 Å². The van der Waals surface area contributed by atoms with Gasteiger partial charge in [-0.2, -0.15) is 0 Å². The van der Waals surface area contributed by atoms with Gasteiger partial charge in [0.1, 0.15) is 0 Å². The highest BCUT2D eigenvalue weighted by atomic mass is 14.3. The molecule has 1 atom stereocenters. The fourth-order valence-electron chi connectivity index (χ4n) is 2.75. The van der Waals surface area contributed by atoms with Crippen LogP contribution >= 0.6 is 0 Å². The molecular weight excluding hydrogens is 192 g/mol. The van der Waals surface area contributed by atoms with Crippen LogP contribution in [0.25, 0.3) is 0 Å². The molecule has 0 aliphatic heterocycles. The minimum absolute atomic E-state index is 0.373. The van der Waals surface area contributed by atoms with Crippen molar-refractivity contribution in [3.63, 3.8) is 0 Å². The third kappa shape index (κ3) is 6.35. The van der Waals surface area contributed by atoms with Crippen LogP contribution < -0.4 is 0 Å². The van der Waals surface area contributed by atoms with E-state index in [2.05, 4.69) is 62.0 Å². The molecular formula is C16H32. The van der Waals surface area contributed by atoms with Gasteiger partial charge in [-0.05, 0) is 35.5 Å². The molecule has 0 N–H and O–H groups in total. The van der Waals surface area contributed by atoms with Gasteiger partial charge in [-0.3, -0.25) is 0 Å². The van der Waals surface area contributed by atoms with E-state index in [1.807, 2.05) is 0 Å². The van der Waals surface area contributed by atoms with E-state index in [1.165, 1.54) is 12.0 Å². The van der Waals surface area contributed by atoms with Crippen LogP contribution in [-0.4, -0.2) is 0 Å². The second-order valence-corrected chi connectivity index (χ2v) is 7.77. The van der Waals surface area contributed by atoms with Crippen molar-refractivity contribution in [3.05, 3.63) is 12.2 Å². The molecule has 0 heterocycles. The minimum atomic E-state index is 0.373. The van der Waals surface area contributed by atoms with Crippen molar-refractivity contribution in [1.82, 2.24) is 0 Å². The van der Waals surface area contributed by atoms with Crippen LogP contribution in [0.4, 0.5) is 0 Å². The van der Waals surface area contributed by atoms with Crippen LogP contribution in [0.3, 0.4) is 0 Å². The molecule has 0 aromatic carbocycles. The molecule has 0 heteroatoms. The molecule has 0 amide bonds. The molecule has 0 rings (SSSR count). The lowest BCUT2D eigenvalue weighted by Gasteiger charge is -2.34. The average Bonchev–Trinajstić information content (AvgIpc) is 1.96. The van der Waals surface area contributed by atoms with Crippen molar-refractivity contribution in [2.24, 2.45) is 22.7 Å². The Balaban J connectivity index is 4.42. The lowest BCUT2D eigenvalue weighted by atomic mass is 9.71. The molecule has 0 aromatic heterocycles.